The lowest BCUT2D eigenvalue weighted by atomic mass is 10.1. The summed E-state index contributed by atoms with van der Waals surface area (Å²) in [7, 11) is -1.24. The third-order valence-corrected chi connectivity index (χ3v) is 5.11. The van der Waals surface area contributed by atoms with Crippen LogP contribution >= 0.6 is 0 Å². The van der Waals surface area contributed by atoms with E-state index in [9.17, 15) is 13.0 Å². The van der Waals surface area contributed by atoms with Gasteiger partial charge in [-0.2, -0.15) is 8.42 Å². The first-order valence-corrected chi connectivity index (χ1v) is 10.7. The molecule has 0 atom stereocenters. The monoisotopic (exact) mass is 388 g/mol. The number of rotatable bonds is 14. The lowest BCUT2D eigenvalue weighted by molar-refractivity contribution is 0.195. The summed E-state index contributed by atoms with van der Waals surface area (Å²) in [5.74, 6) is 0.806. The number of hydrogen-bond acceptors (Lipinski definition) is 5. The summed E-state index contributed by atoms with van der Waals surface area (Å²) in [5, 5.41) is 0. The van der Waals surface area contributed by atoms with Crippen LogP contribution in [0.1, 0.15) is 57.4 Å². The van der Waals surface area contributed by atoms with Gasteiger partial charge in [0.15, 0.2) is 11.5 Å². The Kier molecular flexibility index (Phi) is 10.6. The van der Waals surface area contributed by atoms with Crippen molar-refractivity contribution in [3.8, 4) is 11.5 Å². The Bertz CT molecular complexity index is 627. The van der Waals surface area contributed by atoms with Crippen molar-refractivity contribution in [2.45, 2.75) is 63.2 Å². The zero-order valence-corrected chi connectivity index (χ0v) is 16.9. The molecule has 0 saturated carbocycles. The predicted molar refractivity (Wildman–Crippen MR) is 102 cm³/mol. The van der Waals surface area contributed by atoms with Crippen molar-refractivity contribution < 1.29 is 27.2 Å². The van der Waals surface area contributed by atoms with E-state index in [0.717, 1.165) is 12.8 Å². The largest absolute Gasteiger partial charge is 0.493 e. The molecule has 0 unspecified atom stereocenters. The standard InChI is InChI=1S/C19H32O6S/c1-4-5-6-7-8-9-13-25-18-15-19(26(20,21)22)16(11-10-12-23-2)14-17(18)24-3/h14-15H,4-13H2,1-3H3,(H,20,21,22). The first kappa shape index (κ1) is 22.7. The summed E-state index contributed by atoms with van der Waals surface area (Å²) in [6, 6.07) is 2.97. The van der Waals surface area contributed by atoms with Crippen LogP contribution in [0.4, 0.5) is 0 Å². The van der Waals surface area contributed by atoms with Gasteiger partial charge in [-0.05, 0) is 30.9 Å². The molecule has 0 bridgehead atoms. The highest BCUT2D eigenvalue weighted by atomic mass is 32.2. The van der Waals surface area contributed by atoms with Gasteiger partial charge in [-0.1, -0.05) is 39.0 Å². The lowest BCUT2D eigenvalue weighted by Crippen LogP contribution is -2.07. The van der Waals surface area contributed by atoms with Crippen LogP contribution in [0, 0.1) is 0 Å². The molecule has 0 heterocycles. The maximum atomic E-state index is 11.7. The Morgan fingerprint density at radius 2 is 1.62 bits per heavy atom. The minimum absolute atomic E-state index is 0.132. The summed E-state index contributed by atoms with van der Waals surface area (Å²) in [6.45, 7) is 3.17. The van der Waals surface area contributed by atoms with Crippen molar-refractivity contribution >= 4 is 10.1 Å². The first-order valence-electron chi connectivity index (χ1n) is 9.24. The van der Waals surface area contributed by atoms with Crippen LogP contribution in [0.5, 0.6) is 11.5 Å². The SMILES string of the molecule is CCCCCCCCOc1cc(S(=O)(=O)O)c(CCCOC)cc1OC. The molecule has 0 fully saturated rings. The number of methoxy groups -OCH3 is 2. The zero-order chi connectivity index (χ0) is 19.4. The average molecular weight is 389 g/mol. The third kappa shape index (κ3) is 7.93. The van der Waals surface area contributed by atoms with Gasteiger partial charge in [-0.3, -0.25) is 4.55 Å². The number of aryl methyl sites for hydroxylation is 1. The van der Waals surface area contributed by atoms with Crippen LogP contribution in [0.25, 0.3) is 0 Å². The maximum absolute atomic E-state index is 11.7. The van der Waals surface area contributed by atoms with Crippen LogP contribution in [-0.4, -0.2) is 40.4 Å². The van der Waals surface area contributed by atoms with E-state index in [2.05, 4.69) is 6.92 Å². The van der Waals surface area contributed by atoms with Gasteiger partial charge < -0.3 is 14.2 Å². The molecule has 0 amide bonds. The number of ether oxygens (including phenoxy) is 3. The van der Waals surface area contributed by atoms with Gasteiger partial charge >= 0.3 is 0 Å². The quantitative estimate of drug-likeness (QED) is 0.379. The van der Waals surface area contributed by atoms with E-state index in [-0.39, 0.29) is 4.90 Å². The van der Waals surface area contributed by atoms with E-state index in [1.54, 1.807) is 13.2 Å². The highest BCUT2D eigenvalue weighted by molar-refractivity contribution is 7.85. The molecule has 26 heavy (non-hydrogen) atoms. The molecule has 0 aliphatic carbocycles. The number of hydrogen-bond donors (Lipinski definition) is 1. The molecule has 1 N–H and O–H groups in total. The molecule has 0 spiro atoms. The van der Waals surface area contributed by atoms with Gasteiger partial charge in [-0.15, -0.1) is 0 Å². The topological polar surface area (TPSA) is 82.1 Å². The summed E-state index contributed by atoms with van der Waals surface area (Å²) in [4.78, 5) is -0.132. The van der Waals surface area contributed by atoms with Crippen LogP contribution in [-0.2, 0) is 21.3 Å². The Morgan fingerprint density at radius 3 is 2.23 bits per heavy atom. The maximum Gasteiger partial charge on any atom is 0.294 e. The van der Waals surface area contributed by atoms with Crippen molar-refractivity contribution in [3.05, 3.63) is 17.7 Å². The molecule has 0 saturated heterocycles. The van der Waals surface area contributed by atoms with Crippen molar-refractivity contribution in [2.24, 2.45) is 0 Å². The molecule has 0 aliphatic rings. The summed E-state index contributed by atoms with van der Waals surface area (Å²) < 4.78 is 49.1. The van der Waals surface area contributed by atoms with Crippen molar-refractivity contribution in [1.29, 1.82) is 0 Å². The minimum Gasteiger partial charge on any atom is -0.493 e. The van der Waals surface area contributed by atoms with Crippen LogP contribution in [0.2, 0.25) is 0 Å². The molecule has 6 nitrogen and oxygen atoms in total. The second-order valence-electron chi connectivity index (χ2n) is 6.30. The Morgan fingerprint density at radius 1 is 0.923 bits per heavy atom. The second kappa shape index (κ2) is 12.1. The molecule has 0 aliphatic heterocycles. The second-order valence-corrected chi connectivity index (χ2v) is 7.69. The summed E-state index contributed by atoms with van der Waals surface area (Å²) >= 11 is 0. The molecular formula is C19H32O6S. The predicted octanol–water partition coefficient (Wildman–Crippen LogP) is 4.26. The van der Waals surface area contributed by atoms with Crippen LogP contribution in [0.3, 0.4) is 0 Å². The Hall–Kier alpha value is -1.31. The molecular weight excluding hydrogens is 356 g/mol. The zero-order valence-electron chi connectivity index (χ0n) is 16.1. The van der Waals surface area contributed by atoms with Gasteiger partial charge in [-0.25, -0.2) is 0 Å². The Balaban J connectivity index is 2.81. The van der Waals surface area contributed by atoms with Crippen molar-refractivity contribution in [3.63, 3.8) is 0 Å². The minimum atomic E-state index is -4.34. The van der Waals surface area contributed by atoms with Gasteiger partial charge in [0.1, 0.15) is 4.90 Å². The van der Waals surface area contributed by atoms with E-state index >= 15 is 0 Å². The molecule has 7 heteroatoms. The fourth-order valence-electron chi connectivity index (χ4n) is 2.76. The van der Waals surface area contributed by atoms with Gasteiger partial charge in [0.2, 0.25) is 0 Å². The van der Waals surface area contributed by atoms with E-state index in [1.165, 1.54) is 38.9 Å². The van der Waals surface area contributed by atoms with E-state index in [1.807, 2.05) is 0 Å². The van der Waals surface area contributed by atoms with E-state index in [0.29, 0.717) is 43.1 Å². The number of unbranched alkanes of at least 4 members (excludes halogenated alkanes) is 5. The highest BCUT2D eigenvalue weighted by Gasteiger charge is 2.20. The summed E-state index contributed by atoms with van der Waals surface area (Å²) in [5.41, 5.74) is 0.494. The molecule has 150 valence electrons. The fourth-order valence-corrected chi connectivity index (χ4v) is 3.51. The summed E-state index contributed by atoms with van der Waals surface area (Å²) in [6.07, 6.45) is 7.91. The van der Waals surface area contributed by atoms with Gasteiger partial charge in [0.05, 0.1) is 13.7 Å². The van der Waals surface area contributed by atoms with E-state index in [4.69, 9.17) is 14.2 Å². The smallest absolute Gasteiger partial charge is 0.294 e. The van der Waals surface area contributed by atoms with Crippen LogP contribution < -0.4 is 9.47 Å². The van der Waals surface area contributed by atoms with Crippen LogP contribution in [0.15, 0.2) is 17.0 Å². The van der Waals surface area contributed by atoms with Crippen molar-refractivity contribution in [2.75, 3.05) is 27.4 Å². The molecule has 0 aromatic heterocycles. The highest BCUT2D eigenvalue weighted by Crippen LogP contribution is 2.33. The lowest BCUT2D eigenvalue weighted by Gasteiger charge is -2.15. The molecule has 0 radical (unpaired) electrons. The fraction of sp³-hybridized carbons (Fsp3) is 0.684. The van der Waals surface area contributed by atoms with E-state index < -0.39 is 10.1 Å². The Labute approximate surface area is 157 Å². The average Bonchev–Trinajstić information content (AvgIpc) is 2.60. The van der Waals surface area contributed by atoms with Gasteiger partial charge in [0.25, 0.3) is 10.1 Å². The third-order valence-electron chi connectivity index (χ3n) is 4.17. The van der Waals surface area contributed by atoms with Crippen molar-refractivity contribution in [1.82, 2.24) is 0 Å². The first-order chi connectivity index (χ1) is 12.4. The molecule has 1 rings (SSSR count). The normalized spacial score (nSPS) is 11.5. The molecule has 1 aromatic carbocycles. The van der Waals surface area contributed by atoms with Gasteiger partial charge in [0, 0.05) is 19.8 Å². The molecule has 1 aromatic rings. The number of benzene rings is 1.